The smallest absolute Gasteiger partial charge is 0.219 e. The molecule has 0 fully saturated rings. The van der Waals surface area contributed by atoms with Crippen LogP contribution in [0.2, 0.25) is 0 Å². The number of aryl methyl sites for hydroxylation is 1. The van der Waals surface area contributed by atoms with Crippen LogP contribution in [0.15, 0.2) is 70.4 Å². The average molecular weight is 420 g/mol. The van der Waals surface area contributed by atoms with Crippen LogP contribution in [-0.2, 0) is 6.61 Å². The number of H-pyrrole nitrogens is 1. The highest BCUT2D eigenvalue weighted by Crippen LogP contribution is 2.31. The van der Waals surface area contributed by atoms with Gasteiger partial charge in [0.25, 0.3) is 0 Å². The molecule has 8 heteroatoms. The van der Waals surface area contributed by atoms with Gasteiger partial charge in [-0.3, -0.25) is 0 Å². The van der Waals surface area contributed by atoms with Gasteiger partial charge in [0.1, 0.15) is 6.61 Å². The van der Waals surface area contributed by atoms with E-state index in [1.54, 1.807) is 31.7 Å². The quantitative estimate of drug-likeness (QED) is 0.337. The maximum absolute atomic E-state index is 6.11. The minimum absolute atomic E-state index is 0.350. The number of nitrogens with one attached hydrogen (secondary N) is 1. The summed E-state index contributed by atoms with van der Waals surface area (Å²) in [7, 11) is 1.61. The lowest BCUT2D eigenvalue weighted by molar-refractivity contribution is 0.284. The van der Waals surface area contributed by atoms with Crippen LogP contribution in [0, 0.1) is 11.7 Å². The van der Waals surface area contributed by atoms with Crippen LogP contribution in [0.25, 0.3) is 11.6 Å². The lowest BCUT2D eigenvalue weighted by atomic mass is 10.1. The van der Waals surface area contributed by atoms with Gasteiger partial charge in [-0.1, -0.05) is 35.9 Å². The molecule has 0 spiro atoms. The number of methoxy groups -OCH3 is 1. The van der Waals surface area contributed by atoms with Crippen LogP contribution in [-0.4, -0.2) is 28.2 Å². The van der Waals surface area contributed by atoms with E-state index in [0.29, 0.717) is 34.5 Å². The average Bonchev–Trinajstić information content (AvgIpc) is 3.40. The van der Waals surface area contributed by atoms with Crippen LogP contribution in [0.3, 0.4) is 0 Å². The summed E-state index contributed by atoms with van der Waals surface area (Å²) in [6.07, 6.45) is 3.23. The van der Waals surface area contributed by atoms with E-state index in [1.165, 1.54) is 10.2 Å². The maximum atomic E-state index is 6.11. The van der Waals surface area contributed by atoms with Gasteiger partial charge in [0.2, 0.25) is 10.6 Å². The fourth-order valence-corrected chi connectivity index (χ4v) is 3.17. The first kappa shape index (κ1) is 19.7. The number of nitrogens with zero attached hydrogens (tertiary/aromatic N) is 3. The Balaban J connectivity index is 1.65. The summed E-state index contributed by atoms with van der Waals surface area (Å²) in [6, 6.07) is 17.4. The van der Waals surface area contributed by atoms with E-state index in [1.807, 2.05) is 30.3 Å². The number of aromatic amines is 1. The molecule has 0 atom stereocenters. The molecular formula is C22H20N4O3S. The Morgan fingerprint density at radius 1 is 1.20 bits per heavy atom. The summed E-state index contributed by atoms with van der Waals surface area (Å²) in [5.74, 6) is 2.25. The molecule has 0 saturated carbocycles. The van der Waals surface area contributed by atoms with Crippen LogP contribution in [0.4, 0.5) is 0 Å². The predicted octanol–water partition coefficient (Wildman–Crippen LogP) is 4.98. The van der Waals surface area contributed by atoms with Gasteiger partial charge in [0, 0.05) is 5.56 Å². The molecule has 0 bridgehead atoms. The van der Waals surface area contributed by atoms with Crippen molar-refractivity contribution in [3.8, 4) is 23.1 Å². The van der Waals surface area contributed by atoms with Gasteiger partial charge in [0.15, 0.2) is 17.3 Å². The Morgan fingerprint density at radius 2 is 2.07 bits per heavy atom. The van der Waals surface area contributed by atoms with Gasteiger partial charge in [-0.15, -0.1) is 5.10 Å². The van der Waals surface area contributed by atoms with Crippen LogP contribution < -0.4 is 9.47 Å². The van der Waals surface area contributed by atoms with Crippen molar-refractivity contribution in [3.05, 3.63) is 82.3 Å². The second kappa shape index (κ2) is 8.79. The molecule has 2 heterocycles. The predicted molar refractivity (Wildman–Crippen MR) is 117 cm³/mol. The molecule has 0 radical (unpaired) electrons. The summed E-state index contributed by atoms with van der Waals surface area (Å²) >= 11 is 5.30. The number of rotatable bonds is 7. The lowest BCUT2D eigenvalue weighted by Crippen LogP contribution is -2.02. The summed E-state index contributed by atoms with van der Waals surface area (Å²) in [5.41, 5.74) is 2.99. The van der Waals surface area contributed by atoms with Gasteiger partial charge in [-0.05, 0) is 49.0 Å². The number of ether oxygens (including phenoxy) is 2. The SMILES string of the molecule is COc1cccc(/C=N\n2c(-c3ccco3)n[nH]c2=S)c1OCc1cccc(C)c1. The molecule has 30 heavy (non-hydrogen) atoms. The summed E-state index contributed by atoms with van der Waals surface area (Å²) < 4.78 is 18.9. The Morgan fingerprint density at radius 3 is 2.83 bits per heavy atom. The first-order valence-corrected chi connectivity index (χ1v) is 9.67. The molecule has 7 nitrogen and oxygen atoms in total. The third-order valence-corrected chi connectivity index (χ3v) is 4.66. The van der Waals surface area contributed by atoms with Gasteiger partial charge >= 0.3 is 0 Å². The normalized spacial score (nSPS) is 11.1. The molecule has 2 aromatic carbocycles. The molecule has 0 saturated heterocycles. The second-order valence-corrected chi connectivity index (χ2v) is 6.93. The highest BCUT2D eigenvalue weighted by Gasteiger charge is 2.13. The Hall–Kier alpha value is -3.65. The summed E-state index contributed by atoms with van der Waals surface area (Å²) in [6.45, 7) is 2.46. The second-order valence-electron chi connectivity index (χ2n) is 6.54. The van der Waals surface area contributed by atoms with E-state index in [2.05, 4.69) is 34.4 Å². The highest BCUT2D eigenvalue weighted by atomic mass is 32.1. The van der Waals surface area contributed by atoms with Crippen LogP contribution >= 0.6 is 12.2 Å². The first-order valence-electron chi connectivity index (χ1n) is 9.26. The number of benzene rings is 2. The molecule has 4 aromatic rings. The highest BCUT2D eigenvalue weighted by molar-refractivity contribution is 7.71. The van der Waals surface area contributed by atoms with Crippen molar-refractivity contribution in [2.24, 2.45) is 5.10 Å². The Bertz CT molecular complexity index is 1230. The number of furan rings is 1. The number of hydrogen-bond acceptors (Lipinski definition) is 6. The zero-order valence-electron chi connectivity index (χ0n) is 16.5. The standard InChI is InChI=1S/C22H20N4O3S/c1-15-6-3-7-16(12-15)14-29-20-17(8-4-9-18(20)27-2)13-23-26-21(24-25-22(26)30)19-10-5-11-28-19/h3-13H,14H2,1-2H3,(H,25,30)/b23-13-. The van der Waals surface area contributed by atoms with Crippen molar-refractivity contribution in [1.82, 2.24) is 14.9 Å². The fraction of sp³-hybridized carbons (Fsp3) is 0.136. The topological polar surface area (TPSA) is 77.6 Å². The minimum Gasteiger partial charge on any atom is -0.493 e. The van der Waals surface area contributed by atoms with Crippen molar-refractivity contribution < 1.29 is 13.9 Å². The molecule has 0 aliphatic carbocycles. The molecular weight excluding hydrogens is 400 g/mol. The van der Waals surface area contributed by atoms with Gasteiger partial charge in [-0.2, -0.15) is 9.78 Å². The lowest BCUT2D eigenvalue weighted by Gasteiger charge is -2.13. The Kier molecular flexibility index (Phi) is 5.76. The number of hydrogen-bond donors (Lipinski definition) is 1. The van der Waals surface area contributed by atoms with E-state index in [0.717, 1.165) is 11.1 Å². The molecule has 0 aliphatic rings. The van der Waals surface area contributed by atoms with Crippen molar-refractivity contribution in [2.45, 2.75) is 13.5 Å². The number of para-hydroxylation sites is 1. The monoisotopic (exact) mass is 420 g/mol. The third kappa shape index (κ3) is 4.18. The van der Waals surface area contributed by atoms with Gasteiger partial charge < -0.3 is 13.9 Å². The Labute approximate surface area is 178 Å². The maximum Gasteiger partial charge on any atom is 0.219 e. The minimum atomic E-state index is 0.350. The summed E-state index contributed by atoms with van der Waals surface area (Å²) in [5, 5.41) is 11.4. The van der Waals surface area contributed by atoms with Crippen molar-refractivity contribution in [3.63, 3.8) is 0 Å². The molecule has 4 rings (SSSR count). The molecule has 152 valence electrons. The molecule has 1 N–H and O–H groups in total. The largest absolute Gasteiger partial charge is 0.493 e. The van der Waals surface area contributed by atoms with E-state index < -0.39 is 0 Å². The van der Waals surface area contributed by atoms with E-state index in [9.17, 15) is 0 Å². The first-order chi connectivity index (χ1) is 14.7. The third-order valence-electron chi connectivity index (χ3n) is 4.40. The van der Waals surface area contributed by atoms with Gasteiger partial charge in [-0.25, -0.2) is 5.10 Å². The van der Waals surface area contributed by atoms with Crippen molar-refractivity contribution in [1.29, 1.82) is 0 Å². The van der Waals surface area contributed by atoms with Crippen LogP contribution in [0.1, 0.15) is 16.7 Å². The molecule has 0 aliphatic heterocycles. The molecule has 0 amide bonds. The fourth-order valence-electron chi connectivity index (χ4n) is 2.99. The van der Waals surface area contributed by atoms with Crippen molar-refractivity contribution >= 4 is 18.4 Å². The van der Waals surface area contributed by atoms with E-state index in [-0.39, 0.29) is 0 Å². The van der Waals surface area contributed by atoms with E-state index in [4.69, 9.17) is 26.1 Å². The zero-order valence-corrected chi connectivity index (χ0v) is 17.3. The number of aromatic nitrogens is 3. The molecule has 0 unspecified atom stereocenters. The van der Waals surface area contributed by atoms with Crippen LogP contribution in [0.5, 0.6) is 11.5 Å². The van der Waals surface area contributed by atoms with Gasteiger partial charge in [0.05, 0.1) is 19.6 Å². The summed E-state index contributed by atoms with van der Waals surface area (Å²) in [4.78, 5) is 0. The zero-order chi connectivity index (χ0) is 20.9. The van der Waals surface area contributed by atoms with Crippen molar-refractivity contribution in [2.75, 3.05) is 7.11 Å². The van der Waals surface area contributed by atoms with E-state index >= 15 is 0 Å². The molecule has 2 aromatic heterocycles.